The van der Waals surface area contributed by atoms with Crippen LogP contribution in [0.25, 0.3) is 0 Å². The Morgan fingerprint density at radius 2 is 1.84 bits per heavy atom. The van der Waals surface area contributed by atoms with Crippen molar-refractivity contribution in [2.75, 3.05) is 26.1 Å². The third-order valence-electron chi connectivity index (χ3n) is 8.31. The van der Waals surface area contributed by atoms with E-state index in [1.165, 1.54) is 4.90 Å². The number of methoxy groups -OCH3 is 2. The molecule has 2 aromatic rings. The number of aliphatic hydroxyl groups is 1. The first-order chi connectivity index (χ1) is 21.0. The van der Waals surface area contributed by atoms with Gasteiger partial charge < -0.3 is 34.3 Å². The molecule has 0 bridgehead atoms. The zero-order chi connectivity index (χ0) is 32.3. The molecule has 1 saturated heterocycles. The van der Waals surface area contributed by atoms with Gasteiger partial charge >= 0.3 is 0 Å². The number of carbonyl (C=O) groups is 4. The van der Waals surface area contributed by atoms with Crippen LogP contribution in [0.4, 0.5) is 5.69 Å². The average Bonchev–Trinajstić information content (AvgIpc) is 3.04. The van der Waals surface area contributed by atoms with Gasteiger partial charge in [-0.3, -0.25) is 14.4 Å². The molecule has 44 heavy (non-hydrogen) atoms. The minimum Gasteiger partial charge on any atom is -0.493 e. The zero-order valence-corrected chi connectivity index (χ0v) is 26.5. The molecule has 10 heteroatoms. The fraction of sp³-hybridized carbons (Fsp3) is 0.529. The van der Waals surface area contributed by atoms with Gasteiger partial charge in [-0.05, 0) is 73.9 Å². The molecule has 1 fully saturated rings. The molecule has 1 aliphatic rings. The molecule has 0 spiro atoms. The summed E-state index contributed by atoms with van der Waals surface area (Å²) in [7, 11) is 3.14. The monoisotopic (exact) mass is 610 g/mol. The number of ether oxygens (including phenoxy) is 3. The highest BCUT2D eigenvalue weighted by Crippen LogP contribution is 2.33. The van der Waals surface area contributed by atoms with Crippen LogP contribution in [0.3, 0.4) is 0 Å². The SMILES string of the molecule is CCC(C)(C)C(=O)C(=O)N1CCCCC1C(O)OC(CCc1ccc(OC)c(OC)c1)c1cccc(NC(=O)CCC=O)c1. The van der Waals surface area contributed by atoms with Crippen molar-refractivity contribution in [2.45, 2.75) is 90.6 Å². The number of Topliss-reactive ketones (excluding diaryl/α,β-unsaturated/α-hetero) is 1. The van der Waals surface area contributed by atoms with Gasteiger partial charge in [-0.15, -0.1) is 0 Å². The Kier molecular flexibility index (Phi) is 12.9. The quantitative estimate of drug-likeness (QED) is 0.154. The summed E-state index contributed by atoms with van der Waals surface area (Å²) in [5.41, 5.74) is 1.42. The van der Waals surface area contributed by atoms with Gasteiger partial charge in [0.25, 0.3) is 5.91 Å². The van der Waals surface area contributed by atoms with Gasteiger partial charge in [-0.25, -0.2) is 0 Å². The Hall–Kier alpha value is -3.76. The van der Waals surface area contributed by atoms with Crippen molar-refractivity contribution in [1.29, 1.82) is 0 Å². The van der Waals surface area contributed by atoms with Crippen molar-refractivity contribution in [3.63, 3.8) is 0 Å². The molecule has 2 N–H and O–H groups in total. The van der Waals surface area contributed by atoms with E-state index in [0.29, 0.717) is 55.7 Å². The molecular formula is C34H46N2O8. The van der Waals surface area contributed by atoms with Crippen molar-refractivity contribution >= 4 is 29.6 Å². The maximum Gasteiger partial charge on any atom is 0.290 e. The third-order valence-corrected chi connectivity index (χ3v) is 8.31. The molecule has 3 unspecified atom stereocenters. The highest BCUT2D eigenvalue weighted by Gasteiger charge is 2.40. The summed E-state index contributed by atoms with van der Waals surface area (Å²) < 4.78 is 17.1. The lowest BCUT2D eigenvalue weighted by Crippen LogP contribution is -2.54. The Bertz CT molecular complexity index is 1290. The van der Waals surface area contributed by atoms with E-state index in [9.17, 15) is 24.3 Å². The fourth-order valence-electron chi connectivity index (χ4n) is 5.22. The molecule has 0 radical (unpaired) electrons. The Balaban J connectivity index is 1.87. The minimum atomic E-state index is -1.35. The average molecular weight is 611 g/mol. The summed E-state index contributed by atoms with van der Waals surface area (Å²) in [6, 6.07) is 12.1. The standard InChI is InChI=1S/C34H46N2O8/c1-6-34(2,3)31(39)32(40)36-19-8-7-13-26(36)33(41)44-27(17-15-23-16-18-28(42-4)29(21-23)43-5)24-11-9-12-25(22-24)35-30(38)14-10-20-37/h9,11-12,16,18,20-22,26-27,33,41H,6-8,10,13-15,17,19H2,1-5H3,(H,35,38). The summed E-state index contributed by atoms with van der Waals surface area (Å²) in [5.74, 6) is -0.139. The molecule has 0 aliphatic carbocycles. The zero-order valence-electron chi connectivity index (χ0n) is 26.5. The molecule has 0 saturated carbocycles. The Labute approximate surface area is 260 Å². The van der Waals surface area contributed by atoms with E-state index < -0.39 is 35.5 Å². The highest BCUT2D eigenvalue weighted by atomic mass is 16.6. The normalized spacial score (nSPS) is 16.5. The van der Waals surface area contributed by atoms with Crippen LogP contribution in [0.15, 0.2) is 42.5 Å². The Morgan fingerprint density at radius 3 is 2.52 bits per heavy atom. The van der Waals surface area contributed by atoms with Crippen LogP contribution in [0.1, 0.15) is 82.9 Å². The van der Waals surface area contributed by atoms with Crippen LogP contribution in [0, 0.1) is 5.41 Å². The van der Waals surface area contributed by atoms with E-state index in [-0.39, 0.29) is 18.7 Å². The third kappa shape index (κ3) is 9.12. The van der Waals surface area contributed by atoms with Crippen LogP contribution in [0.2, 0.25) is 0 Å². The molecule has 2 amide bonds. The number of rotatable bonds is 16. The first-order valence-electron chi connectivity index (χ1n) is 15.3. The number of piperidine rings is 1. The predicted octanol–water partition coefficient (Wildman–Crippen LogP) is 5.02. The molecule has 3 rings (SSSR count). The van der Waals surface area contributed by atoms with Crippen LogP contribution in [-0.4, -0.2) is 67.0 Å². The summed E-state index contributed by atoms with van der Waals surface area (Å²) >= 11 is 0. The summed E-state index contributed by atoms with van der Waals surface area (Å²) in [5, 5.41) is 14.3. The van der Waals surface area contributed by atoms with E-state index in [0.717, 1.165) is 24.0 Å². The number of ketones is 1. The van der Waals surface area contributed by atoms with Gasteiger partial charge in [0.1, 0.15) is 6.29 Å². The van der Waals surface area contributed by atoms with E-state index in [2.05, 4.69) is 5.32 Å². The highest BCUT2D eigenvalue weighted by molar-refractivity contribution is 6.38. The number of anilines is 1. The lowest BCUT2D eigenvalue weighted by atomic mass is 9.84. The topological polar surface area (TPSA) is 131 Å². The first kappa shape index (κ1) is 34.7. The number of aliphatic hydroxyl groups excluding tert-OH is 1. The molecule has 1 aliphatic heterocycles. The molecule has 1 heterocycles. The summed E-state index contributed by atoms with van der Waals surface area (Å²) in [6.45, 7) is 5.76. The van der Waals surface area contributed by atoms with Gasteiger partial charge in [0.05, 0.1) is 26.4 Å². The van der Waals surface area contributed by atoms with Crippen molar-refractivity contribution in [3.05, 3.63) is 53.6 Å². The summed E-state index contributed by atoms with van der Waals surface area (Å²) in [6.07, 6.45) is 2.51. The molecule has 3 atom stereocenters. The molecule has 240 valence electrons. The van der Waals surface area contributed by atoms with Gasteiger partial charge in [-0.2, -0.15) is 0 Å². The fourth-order valence-corrected chi connectivity index (χ4v) is 5.22. The van der Waals surface area contributed by atoms with Gasteiger partial charge in [0.15, 0.2) is 17.8 Å². The molecule has 0 aromatic heterocycles. The summed E-state index contributed by atoms with van der Waals surface area (Å²) in [4.78, 5) is 50.9. The lowest BCUT2D eigenvalue weighted by molar-refractivity contribution is -0.188. The van der Waals surface area contributed by atoms with E-state index in [1.54, 1.807) is 46.3 Å². The number of hydrogen-bond acceptors (Lipinski definition) is 8. The molecule has 10 nitrogen and oxygen atoms in total. The lowest BCUT2D eigenvalue weighted by Gasteiger charge is -2.40. The van der Waals surface area contributed by atoms with Crippen LogP contribution >= 0.6 is 0 Å². The van der Waals surface area contributed by atoms with Crippen molar-refractivity contribution in [1.82, 2.24) is 4.90 Å². The number of aldehydes is 1. The first-order valence-corrected chi connectivity index (χ1v) is 15.3. The van der Waals surface area contributed by atoms with Gasteiger partial charge in [0, 0.05) is 30.5 Å². The number of carbonyl (C=O) groups excluding carboxylic acids is 4. The van der Waals surface area contributed by atoms with E-state index in [4.69, 9.17) is 14.2 Å². The van der Waals surface area contributed by atoms with Gasteiger partial charge in [0.2, 0.25) is 11.7 Å². The molecule has 2 aromatic carbocycles. The van der Waals surface area contributed by atoms with Crippen LogP contribution in [0.5, 0.6) is 11.5 Å². The van der Waals surface area contributed by atoms with Crippen molar-refractivity contribution in [2.24, 2.45) is 5.41 Å². The van der Waals surface area contributed by atoms with E-state index >= 15 is 0 Å². The minimum absolute atomic E-state index is 0.0742. The van der Waals surface area contributed by atoms with E-state index in [1.807, 2.05) is 31.2 Å². The Morgan fingerprint density at radius 1 is 1.09 bits per heavy atom. The second kappa shape index (κ2) is 16.4. The number of nitrogens with zero attached hydrogens (tertiary/aromatic N) is 1. The van der Waals surface area contributed by atoms with Crippen LogP contribution < -0.4 is 14.8 Å². The second-order valence-corrected chi connectivity index (χ2v) is 11.8. The predicted molar refractivity (Wildman–Crippen MR) is 167 cm³/mol. The number of nitrogens with one attached hydrogen (secondary N) is 1. The maximum absolute atomic E-state index is 13.3. The number of amides is 2. The number of hydrogen-bond donors (Lipinski definition) is 2. The smallest absolute Gasteiger partial charge is 0.290 e. The maximum atomic E-state index is 13.3. The van der Waals surface area contributed by atoms with Gasteiger partial charge in [-0.1, -0.05) is 39.0 Å². The van der Waals surface area contributed by atoms with Crippen LogP contribution in [-0.2, 0) is 30.3 Å². The number of likely N-dealkylation sites (tertiary alicyclic amines) is 1. The van der Waals surface area contributed by atoms with Crippen molar-refractivity contribution in [3.8, 4) is 11.5 Å². The second-order valence-electron chi connectivity index (χ2n) is 11.8. The largest absolute Gasteiger partial charge is 0.493 e. The number of aryl methyl sites for hydroxylation is 1. The van der Waals surface area contributed by atoms with Crippen molar-refractivity contribution < 1.29 is 38.5 Å². The molecular weight excluding hydrogens is 564 g/mol. The number of benzene rings is 2.